The van der Waals surface area contributed by atoms with Crippen molar-refractivity contribution >= 4 is 10.8 Å². The molecule has 30 heavy (non-hydrogen) atoms. The summed E-state index contributed by atoms with van der Waals surface area (Å²) in [6.45, 7) is 1.96. The number of halogens is 6. The lowest BCUT2D eigenvalue weighted by Gasteiger charge is -2.14. The van der Waals surface area contributed by atoms with E-state index in [1.807, 2.05) is 12.8 Å². The van der Waals surface area contributed by atoms with E-state index in [4.69, 9.17) is 6.42 Å². The van der Waals surface area contributed by atoms with E-state index in [1.54, 1.807) is 0 Å². The molecule has 0 amide bonds. The predicted octanol–water partition coefficient (Wildman–Crippen LogP) is 7.15. The normalized spacial score (nSPS) is 11.5. The van der Waals surface area contributed by atoms with Crippen molar-refractivity contribution in [2.45, 2.75) is 32.5 Å². The van der Waals surface area contributed by atoms with Gasteiger partial charge < -0.3 is 4.74 Å². The molecule has 156 valence electrons. The highest BCUT2D eigenvalue weighted by molar-refractivity contribution is 5.90. The monoisotopic (exact) mass is 422 g/mol. The van der Waals surface area contributed by atoms with Crippen LogP contribution in [-0.2, 0) is 6.42 Å². The predicted molar refractivity (Wildman–Crippen MR) is 102 cm³/mol. The highest BCUT2D eigenvalue weighted by atomic mass is 19.4. The summed E-state index contributed by atoms with van der Waals surface area (Å²) < 4.78 is 85.3. The molecule has 0 atom stereocenters. The second kappa shape index (κ2) is 8.31. The summed E-state index contributed by atoms with van der Waals surface area (Å²) in [5.74, 6) is -2.05. The minimum absolute atomic E-state index is 0.0846. The van der Waals surface area contributed by atoms with Crippen LogP contribution in [0.2, 0.25) is 0 Å². The van der Waals surface area contributed by atoms with E-state index in [0.717, 1.165) is 25.0 Å². The molecule has 0 aromatic heterocycles. The number of fused-ring (bicyclic) bond motifs is 1. The number of hydrogen-bond acceptors (Lipinski definition) is 1. The van der Waals surface area contributed by atoms with E-state index in [0.29, 0.717) is 12.0 Å². The Morgan fingerprint density at radius 2 is 1.67 bits per heavy atom. The molecule has 0 fully saturated rings. The van der Waals surface area contributed by atoms with Gasteiger partial charge in [-0.05, 0) is 53.6 Å². The smallest absolute Gasteiger partial charge is 0.401 e. The molecule has 1 nitrogen and oxygen atoms in total. The Balaban J connectivity index is 2.13. The first-order valence-corrected chi connectivity index (χ1v) is 9.11. The van der Waals surface area contributed by atoms with Crippen LogP contribution < -0.4 is 4.74 Å². The van der Waals surface area contributed by atoms with E-state index in [1.165, 1.54) is 24.3 Å². The number of unbranched alkanes of at least 4 members (excludes halogenated alkanes) is 1. The van der Waals surface area contributed by atoms with Gasteiger partial charge in [-0.2, -0.15) is 0 Å². The topological polar surface area (TPSA) is 9.23 Å². The first-order valence-electron chi connectivity index (χ1n) is 9.11. The first-order chi connectivity index (χ1) is 14.1. The van der Waals surface area contributed by atoms with Crippen LogP contribution in [0.25, 0.3) is 21.9 Å². The molecule has 0 aliphatic heterocycles. The van der Waals surface area contributed by atoms with Gasteiger partial charge in [0.1, 0.15) is 11.6 Å². The van der Waals surface area contributed by atoms with Crippen LogP contribution >= 0.6 is 0 Å². The molecule has 3 aromatic rings. The van der Waals surface area contributed by atoms with Crippen LogP contribution in [0.15, 0.2) is 36.4 Å². The van der Waals surface area contributed by atoms with Crippen LogP contribution in [0.5, 0.6) is 5.75 Å². The molecule has 3 rings (SSSR count). The fraction of sp³-hybridized carbons (Fsp3) is 0.217. The molecule has 0 unspecified atom stereocenters. The molecule has 0 bridgehead atoms. The second-order valence-corrected chi connectivity index (χ2v) is 6.73. The Bertz CT molecular complexity index is 1120. The van der Waals surface area contributed by atoms with Gasteiger partial charge >= 0.3 is 6.36 Å². The summed E-state index contributed by atoms with van der Waals surface area (Å²) in [7, 11) is 0. The van der Waals surface area contributed by atoms with Crippen LogP contribution in [0.4, 0.5) is 26.3 Å². The quantitative estimate of drug-likeness (QED) is 0.314. The largest absolute Gasteiger partial charge is 0.573 e. The summed E-state index contributed by atoms with van der Waals surface area (Å²) >= 11 is 0. The van der Waals surface area contributed by atoms with Crippen LogP contribution in [0, 0.1) is 29.8 Å². The third kappa shape index (κ3) is 4.38. The van der Waals surface area contributed by atoms with Gasteiger partial charge in [0.15, 0.2) is 11.6 Å². The SMILES string of the molecule is C#Cc1cc2cc(-c3c(F)cc(CCCC)cc3F)ccc2c(F)c1OC(F)(F)F. The average Bonchev–Trinajstić information content (AvgIpc) is 2.67. The van der Waals surface area contributed by atoms with Gasteiger partial charge in [-0.15, -0.1) is 19.6 Å². The van der Waals surface area contributed by atoms with Crippen molar-refractivity contribution < 1.29 is 31.1 Å². The average molecular weight is 422 g/mol. The van der Waals surface area contributed by atoms with Crippen molar-refractivity contribution in [3.63, 3.8) is 0 Å². The van der Waals surface area contributed by atoms with Crippen LogP contribution in [0.1, 0.15) is 30.9 Å². The van der Waals surface area contributed by atoms with E-state index in [-0.39, 0.29) is 21.9 Å². The van der Waals surface area contributed by atoms with Gasteiger partial charge in [0.05, 0.1) is 11.1 Å². The summed E-state index contributed by atoms with van der Waals surface area (Å²) in [5, 5.41) is -0.140. The van der Waals surface area contributed by atoms with Gasteiger partial charge in [0.2, 0.25) is 0 Å². The zero-order valence-corrected chi connectivity index (χ0v) is 15.8. The molecule has 0 saturated carbocycles. The molecule has 0 aliphatic carbocycles. The molecular weight excluding hydrogens is 406 g/mol. The Kier molecular flexibility index (Phi) is 5.97. The van der Waals surface area contributed by atoms with E-state index >= 15 is 0 Å². The van der Waals surface area contributed by atoms with Crippen LogP contribution in [0.3, 0.4) is 0 Å². The third-order valence-electron chi connectivity index (χ3n) is 4.61. The number of ether oxygens (including phenoxy) is 1. The van der Waals surface area contributed by atoms with Crippen LogP contribution in [-0.4, -0.2) is 6.36 Å². The zero-order chi connectivity index (χ0) is 22.1. The Labute approximate surface area is 169 Å². The summed E-state index contributed by atoms with van der Waals surface area (Å²) in [5.41, 5.74) is -0.154. The third-order valence-corrected chi connectivity index (χ3v) is 4.61. The molecule has 0 N–H and O–H groups in total. The molecule has 3 aromatic carbocycles. The van der Waals surface area contributed by atoms with Gasteiger partial charge in [0.25, 0.3) is 0 Å². The van der Waals surface area contributed by atoms with Crippen molar-refractivity contribution in [3.05, 3.63) is 65.0 Å². The van der Waals surface area contributed by atoms with Crippen molar-refractivity contribution in [2.75, 3.05) is 0 Å². The highest BCUT2D eigenvalue weighted by Crippen LogP contribution is 2.37. The van der Waals surface area contributed by atoms with Crippen molar-refractivity contribution in [3.8, 4) is 29.2 Å². The molecule has 0 heterocycles. The standard InChI is InChI=1S/C23H16F6O/c1-3-5-6-13-9-18(24)20(19(25)10-13)15-7-8-17-16(12-15)11-14(4-2)22(21(17)26)30-23(27,28)29/h2,7-12H,3,5-6H2,1H3. The van der Waals surface area contributed by atoms with Crippen molar-refractivity contribution in [2.24, 2.45) is 0 Å². The lowest BCUT2D eigenvalue weighted by molar-refractivity contribution is -0.275. The van der Waals surface area contributed by atoms with E-state index in [2.05, 4.69) is 4.74 Å². The Morgan fingerprint density at radius 1 is 1.00 bits per heavy atom. The number of terminal acetylenes is 1. The minimum atomic E-state index is -5.13. The number of alkyl halides is 3. The fourth-order valence-electron chi connectivity index (χ4n) is 3.25. The second-order valence-electron chi connectivity index (χ2n) is 6.73. The lowest BCUT2D eigenvalue weighted by Crippen LogP contribution is -2.19. The van der Waals surface area contributed by atoms with Gasteiger partial charge in [-0.1, -0.05) is 31.4 Å². The summed E-state index contributed by atoms with van der Waals surface area (Å²) in [4.78, 5) is 0. The Hall–Kier alpha value is -3.14. The van der Waals surface area contributed by atoms with Crippen molar-refractivity contribution in [1.82, 2.24) is 0 Å². The first kappa shape index (κ1) is 21.6. The number of benzene rings is 3. The van der Waals surface area contributed by atoms with E-state index < -0.39 is 35.1 Å². The fourth-order valence-corrected chi connectivity index (χ4v) is 3.25. The minimum Gasteiger partial charge on any atom is -0.401 e. The summed E-state index contributed by atoms with van der Waals surface area (Å²) in [6, 6.07) is 7.22. The zero-order valence-electron chi connectivity index (χ0n) is 15.8. The summed E-state index contributed by atoms with van der Waals surface area (Å²) in [6.07, 6.45) is 2.25. The lowest BCUT2D eigenvalue weighted by atomic mass is 9.96. The maximum absolute atomic E-state index is 14.6. The van der Waals surface area contributed by atoms with Crippen molar-refractivity contribution in [1.29, 1.82) is 0 Å². The molecule has 0 radical (unpaired) electrons. The molecule has 0 saturated heterocycles. The number of aryl methyl sites for hydroxylation is 1. The molecular formula is C23H16F6O. The molecule has 0 spiro atoms. The molecule has 7 heteroatoms. The highest BCUT2D eigenvalue weighted by Gasteiger charge is 2.34. The van der Waals surface area contributed by atoms with Gasteiger partial charge in [0, 0.05) is 5.39 Å². The van der Waals surface area contributed by atoms with E-state index in [9.17, 15) is 26.3 Å². The van der Waals surface area contributed by atoms with Gasteiger partial charge in [-0.3, -0.25) is 0 Å². The maximum atomic E-state index is 14.6. The Morgan fingerprint density at radius 3 is 2.23 bits per heavy atom. The number of rotatable bonds is 5. The molecule has 0 aliphatic rings. The maximum Gasteiger partial charge on any atom is 0.573 e. The number of hydrogen-bond donors (Lipinski definition) is 0. The van der Waals surface area contributed by atoms with Gasteiger partial charge in [-0.25, -0.2) is 13.2 Å².